The molecule has 0 amide bonds. The molecule has 2 atom stereocenters. The molecule has 66 valence electrons. The minimum Gasteiger partial charge on any atom is -0.102 e. The summed E-state index contributed by atoms with van der Waals surface area (Å²) in [5, 5.41) is 0. The van der Waals surface area contributed by atoms with Gasteiger partial charge in [-0.05, 0) is 37.0 Å². The second-order valence-corrected chi connectivity index (χ2v) is 4.61. The molecule has 2 unspecified atom stereocenters. The van der Waals surface area contributed by atoms with Gasteiger partial charge in [-0.3, -0.25) is 0 Å². The van der Waals surface area contributed by atoms with Crippen LogP contribution in [0.1, 0.15) is 26.2 Å². The summed E-state index contributed by atoms with van der Waals surface area (Å²) < 4.78 is 0. The lowest BCUT2D eigenvalue weighted by molar-refractivity contribution is -0.0407. The molecule has 2 bridgehead atoms. The summed E-state index contributed by atoms with van der Waals surface area (Å²) in [5.74, 6) is 2.66. The fourth-order valence-corrected chi connectivity index (χ4v) is 3.34. The molecule has 0 nitrogen and oxygen atoms in total. The SMILES string of the molecule is C=CC1(C=C)C2CC(C)CC1C2. The smallest absolute Gasteiger partial charge is 0.0113 e. The van der Waals surface area contributed by atoms with Crippen molar-refractivity contribution in [2.75, 3.05) is 0 Å². The predicted octanol–water partition coefficient (Wildman–Crippen LogP) is 3.41. The molecule has 0 spiro atoms. The van der Waals surface area contributed by atoms with Gasteiger partial charge in [0.05, 0.1) is 0 Å². The molecule has 3 rings (SSSR count). The minimum absolute atomic E-state index is 0.326. The molecule has 0 heterocycles. The second-order valence-electron chi connectivity index (χ2n) is 4.61. The van der Waals surface area contributed by atoms with E-state index in [4.69, 9.17) is 0 Å². The number of hydrogen-bond acceptors (Lipinski definition) is 0. The molecule has 3 saturated carbocycles. The highest BCUT2D eigenvalue weighted by Crippen LogP contribution is 2.62. The first-order chi connectivity index (χ1) is 5.73. The summed E-state index contributed by atoms with van der Waals surface area (Å²) >= 11 is 0. The lowest BCUT2D eigenvalue weighted by Crippen LogP contribution is -2.51. The summed E-state index contributed by atoms with van der Waals surface area (Å²) in [5.41, 5.74) is 0.326. The van der Waals surface area contributed by atoms with E-state index in [9.17, 15) is 0 Å². The van der Waals surface area contributed by atoms with Crippen molar-refractivity contribution in [2.24, 2.45) is 23.2 Å². The van der Waals surface area contributed by atoms with Crippen molar-refractivity contribution in [3.05, 3.63) is 25.3 Å². The third-order valence-corrected chi connectivity index (χ3v) is 4.06. The molecule has 0 aliphatic heterocycles. The van der Waals surface area contributed by atoms with Gasteiger partial charge in [-0.15, -0.1) is 13.2 Å². The Morgan fingerprint density at radius 1 is 1.08 bits per heavy atom. The van der Waals surface area contributed by atoms with Crippen LogP contribution >= 0.6 is 0 Å². The molecule has 0 radical (unpaired) electrons. The highest BCUT2D eigenvalue weighted by molar-refractivity contribution is 5.21. The van der Waals surface area contributed by atoms with Crippen LogP contribution in [0, 0.1) is 23.2 Å². The zero-order chi connectivity index (χ0) is 8.77. The zero-order valence-corrected chi connectivity index (χ0v) is 7.92. The van der Waals surface area contributed by atoms with E-state index in [2.05, 4.69) is 32.2 Å². The van der Waals surface area contributed by atoms with Gasteiger partial charge in [0.2, 0.25) is 0 Å². The Bertz CT molecular complexity index is 192. The Labute approximate surface area is 75.4 Å². The van der Waals surface area contributed by atoms with Crippen molar-refractivity contribution in [1.29, 1.82) is 0 Å². The van der Waals surface area contributed by atoms with Crippen LogP contribution in [0.15, 0.2) is 25.3 Å². The number of allylic oxidation sites excluding steroid dienone is 2. The minimum atomic E-state index is 0.326. The quantitative estimate of drug-likeness (QED) is 0.546. The molecule has 3 aliphatic rings. The molecular weight excluding hydrogens is 144 g/mol. The van der Waals surface area contributed by atoms with Crippen molar-refractivity contribution >= 4 is 0 Å². The molecule has 0 saturated heterocycles. The van der Waals surface area contributed by atoms with Gasteiger partial charge < -0.3 is 0 Å². The number of fused-ring (bicyclic) bond motifs is 2. The van der Waals surface area contributed by atoms with Crippen LogP contribution in [0.2, 0.25) is 0 Å². The zero-order valence-electron chi connectivity index (χ0n) is 7.92. The first kappa shape index (κ1) is 8.10. The lowest BCUT2D eigenvalue weighted by atomic mass is 9.45. The Morgan fingerprint density at radius 2 is 1.58 bits per heavy atom. The van der Waals surface area contributed by atoms with Crippen molar-refractivity contribution in [1.82, 2.24) is 0 Å². The normalized spacial score (nSPS) is 42.9. The van der Waals surface area contributed by atoms with Gasteiger partial charge in [-0.25, -0.2) is 0 Å². The third-order valence-electron chi connectivity index (χ3n) is 4.06. The molecular formula is C12H18. The van der Waals surface area contributed by atoms with Crippen LogP contribution in [-0.4, -0.2) is 0 Å². The van der Waals surface area contributed by atoms with Crippen molar-refractivity contribution < 1.29 is 0 Å². The maximum Gasteiger partial charge on any atom is 0.0113 e. The Balaban J connectivity index is 2.21. The molecule has 0 aromatic carbocycles. The lowest BCUT2D eigenvalue weighted by Gasteiger charge is -2.59. The summed E-state index contributed by atoms with van der Waals surface area (Å²) in [7, 11) is 0. The van der Waals surface area contributed by atoms with E-state index in [-0.39, 0.29) is 0 Å². The average Bonchev–Trinajstić information content (AvgIpc) is 2.06. The highest BCUT2D eigenvalue weighted by Gasteiger charge is 2.54. The van der Waals surface area contributed by atoms with E-state index in [0.29, 0.717) is 5.41 Å². The standard InChI is InChI=1S/C12H18/c1-4-12(5-2)10-6-9(3)7-11(12)8-10/h4-5,9-11H,1-2,6-8H2,3H3. The van der Waals surface area contributed by atoms with Crippen LogP contribution in [0.5, 0.6) is 0 Å². The largest absolute Gasteiger partial charge is 0.102 e. The Morgan fingerprint density at radius 3 is 2.00 bits per heavy atom. The molecule has 3 aliphatic carbocycles. The molecule has 0 N–H and O–H groups in total. The molecule has 3 fully saturated rings. The predicted molar refractivity (Wildman–Crippen MR) is 52.8 cm³/mol. The molecule has 12 heavy (non-hydrogen) atoms. The van der Waals surface area contributed by atoms with Crippen LogP contribution in [0.4, 0.5) is 0 Å². The van der Waals surface area contributed by atoms with Crippen molar-refractivity contribution in [2.45, 2.75) is 26.2 Å². The van der Waals surface area contributed by atoms with Gasteiger partial charge in [0.15, 0.2) is 0 Å². The molecule has 0 heteroatoms. The van der Waals surface area contributed by atoms with E-state index in [1.165, 1.54) is 19.3 Å². The third kappa shape index (κ3) is 0.784. The van der Waals surface area contributed by atoms with Crippen molar-refractivity contribution in [3.8, 4) is 0 Å². The first-order valence-electron chi connectivity index (χ1n) is 5.00. The number of hydrogen-bond donors (Lipinski definition) is 0. The van der Waals surface area contributed by atoms with Gasteiger partial charge in [0, 0.05) is 5.41 Å². The maximum absolute atomic E-state index is 3.96. The summed E-state index contributed by atoms with van der Waals surface area (Å²) in [6.07, 6.45) is 8.47. The van der Waals surface area contributed by atoms with E-state index in [1.54, 1.807) is 0 Å². The van der Waals surface area contributed by atoms with E-state index < -0.39 is 0 Å². The summed E-state index contributed by atoms with van der Waals surface area (Å²) in [4.78, 5) is 0. The van der Waals surface area contributed by atoms with Gasteiger partial charge in [0.1, 0.15) is 0 Å². The van der Waals surface area contributed by atoms with Gasteiger partial charge in [0.25, 0.3) is 0 Å². The monoisotopic (exact) mass is 162 g/mol. The maximum atomic E-state index is 3.96. The van der Waals surface area contributed by atoms with Crippen LogP contribution in [0.3, 0.4) is 0 Å². The Kier molecular flexibility index (Phi) is 1.67. The first-order valence-corrected chi connectivity index (χ1v) is 5.00. The van der Waals surface area contributed by atoms with Gasteiger partial charge in [-0.1, -0.05) is 19.1 Å². The van der Waals surface area contributed by atoms with Crippen LogP contribution in [0.25, 0.3) is 0 Å². The summed E-state index contributed by atoms with van der Waals surface area (Å²) in [6.45, 7) is 10.3. The Hall–Kier alpha value is -0.520. The van der Waals surface area contributed by atoms with E-state index in [1.807, 2.05) is 0 Å². The topological polar surface area (TPSA) is 0 Å². The second kappa shape index (κ2) is 2.48. The highest BCUT2D eigenvalue weighted by atomic mass is 14.6. The molecule has 0 aromatic rings. The van der Waals surface area contributed by atoms with Crippen molar-refractivity contribution in [3.63, 3.8) is 0 Å². The average molecular weight is 162 g/mol. The fourth-order valence-electron chi connectivity index (χ4n) is 3.34. The van der Waals surface area contributed by atoms with Gasteiger partial charge in [-0.2, -0.15) is 0 Å². The summed E-state index contributed by atoms with van der Waals surface area (Å²) in [6, 6.07) is 0. The van der Waals surface area contributed by atoms with E-state index >= 15 is 0 Å². The number of rotatable bonds is 2. The van der Waals surface area contributed by atoms with Crippen LogP contribution < -0.4 is 0 Å². The van der Waals surface area contributed by atoms with E-state index in [0.717, 1.165) is 17.8 Å². The van der Waals surface area contributed by atoms with Crippen LogP contribution in [-0.2, 0) is 0 Å². The molecule has 0 aromatic heterocycles. The van der Waals surface area contributed by atoms with Gasteiger partial charge >= 0.3 is 0 Å². The fraction of sp³-hybridized carbons (Fsp3) is 0.667.